The van der Waals surface area contributed by atoms with Gasteiger partial charge in [-0.3, -0.25) is 0 Å². The number of nitrogens with one attached hydrogen (secondary N) is 2. The molecule has 27 heavy (non-hydrogen) atoms. The molecular formula is C20H21ClN4O2. The molecule has 3 rings (SSSR count). The minimum Gasteiger partial charge on any atom is -0.497 e. The van der Waals surface area contributed by atoms with Crippen molar-refractivity contribution in [2.45, 2.75) is 13.8 Å². The lowest BCUT2D eigenvalue weighted by molar-refractivity contribution is 0.405. The minimum atomic E-state index is 0.477. The van der Waals surface area contributed by atoms with Crippen molar-refractivity contribution in [3.63, 3.8) is 0 Å². The van der Waals surface area contributed by atoms with E-state index in [9.17, 15) is 0 Å². The summed E-state index contributed by atoms with van der Waals surface area (Å²) < 4.78 is 10.7. The number of halogens is 1. The standard InChI is InChI=1S/C20H21ClN4O2/c1-12-5-6-14(21)10-16(12)24-20-22-13(2)9-19(25-20)23-17-11-15(26-3)7-8-18(17)27-4/h5-11H,1-4H3,(H2,22,23,24,25). The molecule has 0 aliphatic rings. The van der Waals surface area contributed by atoms with Gasteiger partial charge in [0, 0.05) is 28.5 Å². The topological polar surface area (TPSA) is 68.3 Å². The molecule has 0 saturated heterocycles. The predicted molar refractivity (Wildman–Crippen MR) is 109 cm³/mol. The Kier molecular flexibility index (Phi) is 5.66. The van der Waals surface area contributed by atoms with Gasteiger partial charge in [0.2, 0.25) is 5.95 Å². The fourth-order valence-electron chi connectivity index (χ4n) is 2.59. The highest BCUT2D eigenvalue weighted by Crippen LogP contribution is 2.31. The number of anilines is 4. The van der Waals surface area contributed by atoms with E-state index in [4.69, 9.17) is 21.1 Å². The van der Waals surface area contributed by atoms with Crippen LogP contribution in [-0.2, 0) is 0 Å². The monoisotopic (exact) mass is 384 g/mol. The number of aryl methyl sites for hydroxylation is 2. The summed E-state index contributed by atoms with van der Waals surface area (Å²) in [5.41, 5.74) is 3.47. The number of nitrogens with zero attached hydrogens (tertiary/aromatic N) is 2. The van der Waals surface area contributed by atoms with Crippen molar-refractivity contribution in [3.05, 3.63) is 58.7 Å². The Balaban J connectivity index is 1.91. The Bertz CT molecular complexity index is 963. The lowest BCUT2D eigenvalue weighted by Crippen LogP contribution is -2.04. The van der Waals surface area contributed by atoms with Crippen LogP contribution in [0.25, 0.3) is 0 Å². The fraction of sp³-hybridized carbons (Fsp3) is 0.200. The van der Waals surface area contributed by atoms with Crippen LogP contribution in [0.5, 0.6) is 11.5 Å². The summed E-state index contributed by atoms with van der Waals surface area (Å²) in [5, 5.41) is 7.15. The van der Waals surface area contributed by atoms with Gasteiger partial charge in [-0.15, -0.1) is 0 Å². The average molecular weight is 385 g/mol. The number of benzene rings is 2. The highest BCUT2D eigenvalue weighted by molar-refractivity contribution is 6.30. The normalized spacial score (nSPS) is 10.4. The smallest absolute Gasteiger partial charge is 0.229 e. The maximum Gasteiger partial charge on any atom is 0.229 e. The Labute approximate surface area is 163 Å². The first-order chi connectivity index (χ1) is 13.0. The van der Waals surface area contributed by atoms with E-state index < -0.39 is 0 Å². The maximum absolute atomic E-state index is 6.10. The zero-order valence-corrected chi connectivity index (χ0v) is 16.4. The summed E-state index contributed by atoms with van der Waals surface area (Å²) in [6, 6.07) is 13.0. The van der Waals surface area contributed by atoms with E-state index >= 15 is 0 Å². The van der Waals surface area contributed by atoms with E-state index in [1.54, 1.807) is 14.2 Å². The van der Waals surface area contributed by atoms with Crippen LogP contribution in [0, 0.1) is 13.8 Å². The van der Waals surface area contributed by atoms with Gasteiger partial charge in [0.25, 0.3) is 0 Å². The van der Waals surface area contributed by atoms with Gasteiger partial charge in [-0.25, -0.2) is 4.98 Å². The molecule has 6 nitrogen and oxygen atoms in total. The van der Waals surface area contributed by atoms with Crippen LogP contribution in [0.2, 0.25) is 5.02 Å². The maximum atomic E-state index is 6.10. The van der Waals surface area contributed by atoms with Gasteiger partial charge in [0.15, 0.2) is 0 Å². The first-order valence-corrected chi connectivity index (χ1v) is 8.74. The van der Waals surface area contributed by atoms with E-state index in [-0.39, 0.29) is 0 Å². The second kappa shape index (κ2) is 8.14. The summed E-state index contributed by atoms with van der Waals surface area (Å²) in [4.78, 5) is 9.01. The first kappa shape index (κ1) is 18.8. The summed E-state index contributed by atoms with van der Waals surface area (Å²) in [6.45, 7) is 3.90. The summed E-state index contributed by atoms with van der Waals surface area (Å²) in [7, 11) is 3.24. The van der Waals surface area contributed by atoms with Gasteiger partial charge < -0.3 is 20.1 Å². The van der Waals surface area contributed by atoms with E-state index in [0.29, 0.717) is 22.5 Å². The molecule has 1 heterocycles. The van der Waals surface area contributed by atoms with Gasteiger partial charge >= 0.3 is 0 Å². The molecule has 0 atom stereocenters. The molecule has 1 aromatic heterocycles. The third-order valence-electron chi connectivity index (χ3n) is 3.97. The Hall–Kier alpha value is -2.99. The van der Waals surface area contributed by atoms with Crippen molar-refractivity contribution in [2.24, 2.45) is 0 Å². The van der Waals surface area contributed by atoms with Crippen LogP contribution in [0.15, 0.2) is 42.5 Å². The molecule has 7 heteroatoms. The molecule has 0 aliphatic carbocycles. The lowest BCUT2D eigenvalue weighted by atomic mass is 10.2. The van der Waals surface area contributed by atoms with Crippen molar-refractivity contribution >= 4 is 34.7 Å². The second-order valence-corrected chi connectivity index (χ2v) is 6.43. The number of ether oxygens (including phenoxy) is 2. The molecule has 0 aliphatic heterocycles. The molecule has 0 amide bonds. The van der Waals surface area contributed by atoms with Crippen LogP contribution in [0.4, 0.5) is 23.1 Å². The average Bonchev–Trinajstić information content (AvgIpc) is 2.64. The minimum absolute atomic E-state index is 0.477. The summed E-state index contributed by atoms with van der Waals surface area (Å²) in [6.07, 6.45) is 0. The molecule has 0 unspecified atom stereocenters. The summed E-state index contributed by atoms with van der Waals surface area (Å²) >= 11 is 6.10. The highest BCUT2D eigenvalue weighted by Gasteiger charge is 2.09. The Morgan fingerprint density at radius 3 is 2.41 bits per heavy atom. The van der Waals surface area contributed by atoms with Crippen LogP contribution >= 0.6 is 11.6 Å². The zero-order chi connectivity index (χ0) is 19.4. The molecule has 0 saturated carbocycles. The van der Waals surface area contributed by atoms with Gasteiger partial charge in [-0.05, 0) is 43.7 Å². The van der Waals surface area contributed by atoms with Crippen LogP contribution in [0.3, 0.4) is 0 Å². The third kappa shape index (κ3) is 4.60. The van der Waals surface area contributed by atoms with Crippen LogP contribution < -0.4 is 20.1 Å². The van der Waals surface area contributed by atoms with Gasteiger partial charge in [0.05, 0.1) is 19.9 Å². The van der Waals surface area contributed by atoms with Crippen molar-refractivity contribution in [1.29, 1.82) is 0 Å². The quantitative estimate of drug-likeness (QED) is 0.604. The first-order valence-electron chi connectivity index (χ1n) is 8.36. The molecule has 0 bridgehead atoms. The molecular weight excluding hydrogens is 364 g/mol. The van der Waals surface area contributed by atoms with Crippen molar-refractivity contribution < 1.29 is 9.47 Å². The van der Waals surface area contributed by atoms with Crippen LogP contribution in [0.1, 0.15) is 11.3 Å². The van der Waals surface area contributed by atoms with Gasteiger partial charge in [-0.1, -0.05) is 17.7 Å². The highest BCUT2D eigenvalue weighted by atomic mass is 35.5. The lowest BCUT2D eigenvalue weighted by Gasteiger charge is -2.14. The zero-order valence-electron chi connectivity index (χ0n) is 15.6. The molecule has 2 N–H and O–H groups in total. The van der Waals surface area contributed by atoms with Crippen molar-refractivity contribution in [3.8, 4) is 11.5 Å². The number of hydrogen-bond acceptors (Lipinski definition) is 6. The van der Waals surface area contributed by atoms with E-state index in [1.165, 1.54) is 0 Å². The molecule has 0 spiro atoms. The van der Waals surface area contributed by atoms with Gasteiger partial charge in [-0.2, -0.15) is 4.98 Å². The Morgan fingerprint density at radius 2 is 1.67 bits per heavy atom. The fourth-order valence-corrected chi connectivity index (χ4v) is 2.76. The predicted octanol–water partition coefficient (Wildman–Crippen LogP) is 5.25. The number of hydrogen-bond donors (Lipinski definition) is 2. The number of aromatic nitrogens is 2. The SMILES string of the molecule is COc1ccc(OC)c(Nc2cc(C)nc(Nc3cc(Cl)ccc3C)n2)c1. The summed E-state index contributed by atoms with van der Waals surface area (Å²) in [5.74, 6) is 2.52. The van der Waals surface area contributed by atoms with Gasteiger partial charge in [0.1, 0.15) is 17.3 Å². The molecule has 140 valence electrons. The van der Waals surface area contributed by atoms with E-state index in [1.807, 2.05) is 56.3 Å². The number of rotatable bonds is 6. The molecule has 0 fully saturated rings. The molecule has 0 radical (unpaired) electrons. The number of methoxy groups -OCH3 is 2. The van der Waals surface area contributed by atoms with E-state index in [2.05, 4.69) is 20.6 Å². The third-order valence-corrected chi connectivity index (χ3v) is 4.20. The second-order valence-electron chi connectivity index (χ2n) is 5.99. The van der Waals surface area contributed by atoms with Crippen molar-refractivity contribution in [2.75, 3.05) is 24.9 Å². The van der Waals surface area contributed by atoms with Crippen molar-refractivity contribution in [1.82, 2.24) is 9.97 Å². The van der Waals surface area contributed by atoms with Crippen LogP contribution in [-0.4, -0.2) is 24.2 Å². The molecule has 2 aromatic carbocycles. The largest absolute Gasteiger partial charge is 0.497 e. The Morgan fingerprint density at radius 1 is 0.852 bits per heavy atom. The molecule has 3 aromatic rings. The van der Waals surface area contributed by atoms with E-state index in [0.717, 1.165) is 28.4 Å².